The van der Waals surface area contributed by atoms with Crippen LogP contribution in [-0.4, -0.2) is 74.3 Å². The third-order valence-electron chi connectivity index (χ3n) is 6.23. The Morgan fingerprint density at radius 2 is 2.03 bits per heavy atom. The van der Waals surface area contributed by atoms with E-state index in [9.17, 15) is 14.7 Å². The first kappa shape index (κ1) is 19.6. The van der Waals surface area contributed by atoms with E-state index < -0.39 is 5.41 Å². The number of rotatable bonds is 6. The summed E-state index contributed by atoms with van der Waals surface area (Å²) in [5.41, 5.74) is 0.140. The summed E-state index contributed by atoms with van der Waals surface area (Å²) in [5.74, 6) is 1.44. The van der Waals surface area contributed by atoms with Gasteiger partial charge in [0.25, 0.3) is 5.91 Å². The molecule has 2 aliphatic rings. The summed E-state index contributed by atoms with van der Waals surface area (Å²) in [6.07, 6.45) is 4.25. The molecule has 0 aromatic carbocycles. The lowest BCUT2D eigenvalue weighted by Crippen LogP contribution is -2.40. The van der Waals surface area contributed by atoms with Crippen LogP contribution in [0.3, 0.4) is 0 Å². The molecule has 0 saturated carbocycles. The lowest BCUT2D eigenvalue weighted by molar-refractivity contribution is -0.131. The zero-order valence-corrected chi connectivity index (χ0v) is 16.9. The summed E-state index contributed by atoms with van der Waals surface area (Å²) in [7, 11) is 0. The topological polar surface area (TPSA) is 105 Å². The molecule has 0 unspecified atom stereocenters. The number of aliphatic hydroxyl groups excluding tert-OH is 1. The molecule has 2 aromatic heterocycles. The number of carbonyl (C=O) groups excluding carboxylic acids is 2. The van der Waals surface area contributed by atoms with E-state index in [0.717, 1.165) is 0 Å². The van der Waals surface area contributed by atoms with E-state index in [-0.39, 0.29) is 24.3 Å². The number of hydrogen-bond acceptors (Lipinski definition) is 6. The number of hydrogen-bond donors (Lipinski definition) is 1. The largest absolute Gasteiger partial charge is 0.466 e. The number of aliphatic hydroxyl groups is 1. The molecule has 0 aliphatic carbocycles. The summed E-state index contributed by atoms with van der Waals surface area (Å²) >= 11 is 0. The van der Waals surface area contributed by atoms with Gasteiger partial charge in [0, 0.05) is 50.5 Å². The van der Waals surface area contributed by atoms with E-state index in [2.05, 4.69) is 10.1 Å². The van der Waals surface area contributed by atoms with Crippen molar-refractivity contribution in [2.45, 2.75) is 33.2 Å². The van der Waals surface area contributed by atoms with Crippen LogP contribution in [0.2, 0.25) is 0 Å². The van der Waals surface area contributed by atoms with Crippen molar-refractivity contribution in [1.29, 1.82) is 0 Å². The summed E-state index contributed by atoms with van der Waals surface area (Å²) in [6, 6.07) is 1.77. The molecule has 2 aromatic rings. The lowest BCUT2D eigenvalue weighted by atomic mass is 9.82. The highest BCUT2D eigenvalue weighted by Crippen LogP contribution is 2.43. The first-order valence-electron chi connectivity index (χ1n) is 9.99. The maximum Gasteiger partial charge on any atom is 0.257 e. The second kappa shape index (κ2) is 7.62. The fourth-order valence-corrected chi connectivity index (χ4v) is 4.66. The molecule has 156 valence electrons. The maximum atomic E-state index is 12.9. The Labute approximate surface area is 169 Å². The number of carbonyl (C=O) groups is 2. The van der Waals surface area contributed by atoms with Gasteiger partial charge in [-0.3, -0.25) is 14.3 Å². The second-order valence-electron chi connectivity index (χ2n) is 8.27. The van der Waals surface area contributed by atoms with Gasteiger partial charge in [0.1, 0.15) is 24.2 Å². The first-order valence-corrected chi connectivity index (χ1v) is 9.99. The molecule has 1 N–H and O–H groups in total. The van der Waals surface area contributed by atoms with Crippen molar-refractivity contribution in [3.8, 4) is 0 Å². The Morgan fingerprint density at radius 3 is 2.66 bits per heavy atom. The van der Waals surface area contributed by atoms with Gasteiger partial charge in [-0.25, -0.2) is 4.98 Å². The first-order chi connectivity index (χ1) is 13.9. The number of fused-ring (bicyclic) bond motifs is 1. The van der Waals surface area contributed by atoms with E-state index in [1.807, 2.05) is 11.8 Å². The highest BCUT2D eigenvalue weighted by molar-refractivity contribution is 5.95. The number of furan rings is 1. The van der Waals surface area contributed by atoms with Crippen LogP contribution in [0.4, 0.5) is 0 Å². The molecule has 2 atom stereocenters. The molecule has 2 amide bonds. The van der Waals surface area contributed by atoms with Gasteiger partial charge in [0.15, 0.2) is 0 Å². The van der Waals surface area contributed by atoms with E-state index >= 15 is 0 Å². The Balaban J connectivity index is 1.36. The van der Waals surface area contributed by atoms with E-state index in [1.165, 1.54) is 6.33 Å². The molecule has 0 radical (unpaired) electrons. The quantitative estimate of drug-likeness (QED) is 0.770. The zero-order chi connectivity index (χ0) is 20.6. The van der Waals surface area contributed by atoms with E-state index in [0.29, 0.717) is 62.6 Å². The van der Waals surface area contributed by atoms with Gasteiger partial charge >= 0.3 is 0 Å². The van der Waals surface area contributed by atoms with Crippen LogP contribution < -0.4 is 0 Å². The lowest BCUT2D eigenvalue weighted by Gasteiger charge is -2.27. The number of likely N-dealkylation sites (tertiary alicyclic amines) is 2. The molecular weight excluding hydrogens is 374 g/mol. The minimum Gasteiger partial charge on any atom is -0.466 e. The van der Waals surface area contributed by atoms with Crippen molar-refractivity contribution >= 4 is 11.8 Å². The van der Waals surface area contributed by atoms with Crippen LogP contribution in [0.25, 0.3) is 0 Å². The van der Waals surface area contributed by atoms with E-state index in [4.69, 9.17) is 4.42 Å². The molecule has 4 heterocycles. The van der Waals surface area contributed by atoms with Gasteiger partial charge in [-0.15, -0.1) is 0 Å². The van der Waals surface area contributed by atoms with Crippen LogP contribution in [0.15, 0.2) is 23.1 Å². The van der Waals surface area contributed by atoms with E-state index in [1.54, 1.807) is 28.9 Å². The van der Waals surface area contributed by atoms with Gasteiger partial charge in [0.05, 0.1) is 12.2 Å². The molecule has 9 nitrogen and oxygen atoms in total. The molecule has 9 heteroatoms. The van der Waals surface area contributed by atoms with Gasteiger partial charge in [0.2, 0.25) is 5.91 Å². The Morgan fingerprint density at radius 1 is 1.28 bits per heavy atom. The van der Waals surface area contributed by atoms with Crippen molar-refractivity contribution in [3.05, 3.63) is 35.8 Å². The van der Waals surface area contributed by atoms with Crippen LogP contribution in [0.5, 0.6) is 0 Å². The Bertz CT molecular complexity index is 893. The number of aromatic nitrogens is 3. The molecule has 2 aliphatic heterocycles. The monoisotopic (exact) mass is 401 g/mol. The minimum absolute atomic E-state index is 0.0341. The third kappa shape index (κ3) is 3.66. The summed E-state index contributed by atoms with van der Waals surface area (Å²) in [6.45, 7) is 6.31. The van der Waals surface area contributed by atoms with Crippen LogP contribution in [0.1, 0.15) is 34.7 Å². The molecule has 0 spiro atoms. The van der Waals surface area contributed by atoms with Crippen LogP contribution in [0, 0.1) is 25.2 Å². The normalized spacial score (nSPS) is 23.6. The van der Waals surface area contributed by atoms with Crippen molar-refractivity contribution in [1.82, 2.24) is 24.6 Å². The molecule has 2 saturated heterocycles. The van der Waals surface area contributed by atoms with Gasteiger partial charge < -0.3 is 19.3 Å². The second-order valence-corrected chi connectivity index (χ2v) is 8.27. The average molecular weight is 401 g/mol. The fraction of sp³-hybridized carbons (Fsp3) is 0.600. The number of aryl methyl sites for hydroxylation is 3. The predicted octanol–water partition coefficient (Wildman–Crippen LogP) is 0.861. The smallest absolute Gasteiger partial charge is 0.257 e. The fourth-order valence-electron chi connectivity index (χ4n) is 4.66. The standard InChI is InChI=1S/C20H27N5O4/c1-14-6-17(15(2)29-14)19(28)24-8-16-7-23(9-20(16,10-24)11-26)18(27)4-3-5-25-13-21-12-22-25/h6,12-13,16,26H,3-5,7-11H2,1-2H3/t16-,20+/m1/s1. The number of amides is 2. The predicted molar refractivity (Wildman–Crippen MR) is 103 cm³/mol. The molecular formula is C20H27N5O4. The molecule has 29 heavy (non-hydrogen) atoms. The van der Waals surface area contributed by atoms with Gasteiger partial charge in [-0.2, -0.15) is 5.10 Å². The highest BCUT2D eigenvalue weighted by Gasteiger charge is 2.54. The number of nitrogens with zero attached hydrogens (tertiary/aromatic N) is 5. The summed E-state index contributed by atoms with van der Waals surface area (Å²) < 4.78 is 7.21. The van der Waals surface area contributed by atoms with Gasteiger partial charge in [-0.1, -0.05) is 0 Å². The molecule has 2 fully saturated rings. The van der Waals surface area contributed by atoms with Crippen LogP contribution >= 0.6 is 0 Å². The van der Waals surface area contributed by atoms with Crippen molar-refractivity contribution < 1.29 is 19.1 Å². The minimum atomic E-state index is -0.441. The van der Waals surface area contributed by atoms with Gasteiger partial charge in [-0.05, 0) is 26.3 Å². The third-order valence-corrected chi connectivity index (χ3v) is 6.23. The van der Waals surface area contributed by atoms with Crippen molar-refractivity contribution in [2.75, 3.05) is 32.8 Å². The van der Waals surface area contributed by atoms with Crippen molar-refractivity contribution in [2.24, 2.45) is 11.3 Å². The molecule has 0 bridgehead atoms. The highest BCUT2D eigenvalue weighted by atomic mass is 16.3. The Hall–Kier alpha value is -2.68. The average Bonchev–Trinajstić information content (AvgIpc) is 3.44. The summed E-state index contributed by atoms with van der Waals surface area (Å²) in [4.78, 5) is 33.1. The Kier molecular flexibility index (Phi) is 5.16. The molecule has 4 rings (SSSR count). The zero-order valence-electron chi connectivity index (χ0n) is 16.9. The van der Waals surface area contributed by atoms with Crippen molar-refractivity contribution in [3.63, 3.8) is 0 Å². The SMILES string of the molecule is Cc1cc(C(=O)N2C[C@H]3CN(C(=O)CCCn4cncn4)C[C@@]3(CO)C2)c(C)o1. The maximum absolute atomic E-state index is 12.9. The van der Waals surface area contributed by atoms with Crippen LogP contribution in [-0.2, 0) is 11.3 Å². The summed E-state index contributed by atoms with van der Waals surface area (Å²) in [5, 5.41) is 14.2.